The number of halogens is 1. The Morgan fingerprint density at radius 3 is 3.05 bits per heavy atom. The number of benzene rings is 1. The number of carbonyl (C=O) groups is 1. The summed E-state index contributed by atoms with van der Waals surface area (Å²) in [4.78, 5) is 14.5. The van der Waals surface area contributed by atoms with Crippen molar-refractivity contribution >= 4 is 16.9 Å². The molecule has 1 atom stereocenters. The summed E-state index contributed by atoms with van der Waals surface area (Å²) in [6, 6.07) is 4.01. The Labute approximate surface area is 116 Å². The zero-order chi connectivity index (χ0) is 14.5. The molecule has 20 heavy (non-hydrogen) atoms. The third-order valence-corrected chi connectivity index (χ3v) is 3.06. The number of hydrogen-bond donors (Lipinski definition) is 4. The van der Waals surface area contributed by atoms with Crippen LogP contribution in [0.4, 0.5) is 9.18 Å². The SMILES string of the molecule is C[C@@H](CO)NC(=O)NCCc1c[nH]c2cc(F)ccc12. The molecule has 0 spiro atoms. The molecule has 4 N–H and O–H groups in total. The predicted molar refractivity (Wildman–Crippen MR) is 75.0 cm³/mol. The van der Waals surface area contributed by atoms with Gasteiger partial charge in [-0.3, -0.25) is 0 Å². The van der Waals surface area contributed by atoms with E-state index in [9.17, 15) is 9.18 Å². The molecule has 0 unspecified atom stereocenters. The number of amides is 2. The molecular formula is C14H18FN3O2. The van der Waals surface area contributed by atoms with Gasteiger partial charge in [0.2, 0.25) is 0 Å². The third kappa shape index (κ3) is 3.48. The molecule has 0 bridgehead atoms. The number of hydrogen-bond acceptors (Lipinski definition) is 2. The van der Waals surface area contributed by atoms with E-state index in [0.29, 0.717) is 13.0 Å². The van der Waals surface area contributed by atoms with Crippen LogP contribution in [0.15, 0.2) is 24.4 Å². The minimum atomic E-state index is -0.308. The van der Waals surface area contributed by atoms with Gasteiger partial charge in [-0.1, -0.05) is 0 Å². The minimum Gasteiger partial charge on any atom is -0.394 e. The topological polar surface area (TPSA) is 77.2 Å². The first-order valence-corrected chi connectivity index (χ1v) is 6.51. The van der Waals surface area contributed by atoms with Gasteiger partial charge in [-0.25, -0.2) is 9.18 Å². The second-order valence-corrected chi connectivity index (χ2v) is 4.74. The largest absolute Gasteiger partial charge is 0.394 e. The van der Waals surface area contributed by atoms with E-state index in [1.165, 1.54) is 12.1 Å². The predicted octanol–water partition coefficient (Wildman–Crippen LogP) is 1.53. The van der Waals surface area contributed by atoms with Crippen molar-refractivity contribution in [3.63, 3.8) is 0 Å². The number of H-pyrrole nitrogens is 1. The molecule has 6 heteroatoms. The van der Waals surface area contributed by atoms with Gasteiger partial charge < -0.3 is 20.7 Å². The van der Waals surface area contributed by atoms with Gasteiger partial charge >= 0.3 is 6.03 Å². The molecule has 0 radical (unpaired) electrons. The van der Waals surface area contributed by atoms with Crippen molar-refractivity contribution < 1.29 is 14.3 Å². The van der Waals surface area contributed by atoms with E-state index in [1.807, 2.05) is 6.20 Å². The van der Waals surface area contributed by atoms with Crippen molar-refractivity contribution in [2.75, 3.05) is 13.2 Å². The standard InChI is InChI=1S/C14H18FN3O2/c1-9(8-19)18-14(20)16-5-4-10-7-17-13-6-11(15)2-3-12(10)13/h2-3,6-7,9,17,19H,4-5,8H2,1H3,(H2,16,18,20)/t9-/m0/s1. The van der Waals surface area contributed by atoms with Crippen LogP contribution in [0.2, 0.25) is 0 Å². The molecule has 0 saturated heterocycles. The van der Waals surface area contributed by atoms with Crippen molar-refractivity contribution in [2.24, 2.45) is 0 Å². The lowest BCUT2D eigenvalue weighted by Gasteiger charge is -2.11. The van der Waals surface area contributed by atoms with E-state index in [0.717, 1.165) is 16.5 Å². The van der Waals surface area contributed by atoms with Crippen LogP contribution in [0.25, 0.3) is 10.9 Å². The summed E-state index contributed by atoms with van der Waals surface area (Å²) in [6.45, 7) is 2.09. The highest BCUT2D eigenvalue weighted by atomic mass is 19.1. The van der Waals surface area contributed by atoms with Crippen LogP contribution in [0.3, 0.4) is 0 Å². The fraction of sp³-hybridized carbons (Fsp3) is 0.357. The van der Waals surface area contributed by atoms with Gasteiger partial charge in [-0.15, -0.1) is 0 Å². The zero-order valence-corrected chi connectivity index (χ0v) is 11.2. The summed E-state index contributed by atoms with van der Waals surface area (Å²) >= 11 is 0. The molecule has 0 aliphatic rings. The van der Waals surface area contributed by atoms with Crippen molar-refractivity contribution in [1.29, 1.82) is 0 Å². The molecule has 108 valence electrons. The Hall–Kier alpha value is -2.08. The number of carbonyl (C=O) groups excluding carboxylic acids is 1. The third-order valence-electron chi connectivity index (χ3n) is 3.06. The van der Waals surface area contributed by atoms with Crippen LogP contribution in [0, 0.1) is 5.82 Å². The lowest BCUT2D eigenvalue weighted by atomic mass is 10.1. The second-order valence-electron chi connectivity index (χ2n) is 4.74. The molecule has 2 amide bonds. The molecular weight excluding hydrogens is 261 g/mol. The Morgan fingerprint density at radius 2 is 2.30 bits per heavy atom. The van der Waals surface area contributed by atoms with Gasteiger partial charge in [0.15, 0.2) is 0 Å². The lowest BCUT2D eigenvalue weighted by Crippen LogP contribution is -2.42. The van der Waals surface area contributed by atoms with E-state index < -0.39 is 0 Å². The molecule has 2 aromatic rings. The van der Waals surface area contributed by atoms with Crippen LogP contribution < -0.4 is 10.6 Å². The monoisotopic (exact) mass is 279 g/mol. The van der Waals surface area contributed by atoms with Crippen LogP contribution >= 0.6 is 0 Å². The summed E-state index contributed by atoms with van der Waals surface area (Å²) in [5.41, 5.74) is 1.77. The van der Waals surface area contributed by atoms with E-state index in [1.54, 1.807) is 13.0 Å². The highest BCUT2D eigenvalue weighted by molar-refractivity contribution is 5.83. The van der Waals surface area contributed by atoms with E-state index in [4.69, 9.17) is 5.11 Å². The van der Waals surface area contributed by atoms with E-state index >= 15 is 0 Å². The Bertz CT molecular complexity index is 597. The Balaban J connectivity index is 1.88. The lowest BCUT2D eigenvalue weighted by molar-refractivity contribution is 0.220. The van der Waals surface area contributed by atoms with Crippen molar-refractivity contribution in [2.45, 2.75) is 19.4 Å². The first kappa shape index (κ1) is 14.3. The second kappa shape index (κ2) is 6.38. The molecule has 1 aromatic carbocycles. The molecule has 0 aliphatic heterocycles. The normalized spacial score (nSPS) is 12.3. The van der Waals surface area contributed by atoms with Crippen LogP contribution in [-0.4, -0.2) is 35.3 Å². The number of aromatic amines is 1. The first-order chi connectivity index (χ1) is 9.60. The summed E-state index contributed by atoms with van der Waals surface area (Å²) in [5.74, 6) is -0.276. The summed E-state index contributed by atoms with van der Waals surface area (Å²) in [6.07, 6.45) is 2.46. The van der Waals surface area contributed by atoms with Crippen LogP contribution in [0.1, 0.15) is 12.5 Å². The summed E-state index contributed by atoms with van der Waals surface area (Å²) < 4.78 is 13.1. The van der Waals surface area contributed by atoms with Gasteiger partial charge in [0, 0.05) is 23.6 Å². The fourth-order valence-corrected chi connectivity index (χ4v) is 2.00. The molecule has 1 heterocycles. The number of nitrogens with one attached hydrogen (secondary N) is 3. The average Bonchev–Trinajstić information content (AvgIpc) is 2.81. The first-order valence-electron chi connectivity index (χ1n) is 6.51. The minimum absolute atomic E-state index is 0.0958. The number of aliphatic hydroxyl groups is 1. The highest BCUT2D eigenvalue weighted by Gasteiger charge is 2.07. The molecule has 2 rings (SSSR count). The van der Waals surface area contributed by atoms with Gasteiger partial charge in [0.05, 0.1) is 12.6 Å². The van der Waals surface area contributed by atoms with E-state index in [2.05, 4.69) is 15.6 Å². The van der Waals surface area contributed by atoms with Crippen molar-refractivity contribution in [1.82, 2.24) is 15.6 Å². The molecule has 0 fully saturated rings. The average molecular weight is 279 g/mol. The smallest absolute Gasteiger partial charge is 0.315 e. The Morgan fingerprint density at radius 1 is 1.50 bits per heavy atom. The molecule has 0 aliphatic carbocycles. The number of fused-ring (bicyclic) bond motifs is 1. The van der Waals surface area contributed by atoms with Crippen LogP contribution in [0.5, 0.6) is 0 Å². The zero-order valence-electron chi connectivity index (χ0n) is 11.2. The van der Waals surface area contributed by atoms with Gasteiger partial charge in [-0.05, 0) is 37.1 Å². The molecule has 1 aromatic heterocycles. The maximum atomic E-state index is 13.1. The highest BCUT2D eigenvalue weighted by Crippen LogP contribution is 2.19. The summed E-state index contributed by atoms with van der Waals surface area (Å²) in [5, 5.41) is 15.1. The maximum absolute atomic E-state index is 13.1. The quantitative estimate of drug-likeness (QED) is 0.670. The maximum Gasteiger partial charge on any atom is 0.315 e. The van der Waals surface area contributed by atoms with Crippen LogP contribution in [-0.2, 0) is 6.42 Å². The number of aliphatic hydroxyl groups excluding tert-OH is 1. The molecule has 5 nitrogen and oxygen atoms in total. The van der Waals surface area contributed by atoms with Gasteiger partial charge in [-0.2, -0.15) is 0 Å². The van der Waals surface area contributed by atoms with E-state index in [-0.39, 0.29) is 24.5 Å². The number of aromatic nitrogens is 1. The Kier molecular flexibility index (Phi) is 4.57. The summed E-state index contributed by atoms with van der Waals surface area (Å²) in [7, 11) is 0. The van der Waals surface area contributed by atoms with Gasteiger partial charge in [0.25, 0.3) is 0 Å². The van der Waals surface area contributed by atoms with Crippen molar-refractivity contribution in [3.05, 3.63) is 35.8 Å². The molecule has 0 saturated carbocycles. The van der Waals surface area contributed by atoms with Gasteiger partial charge in [0.1, 0.15) is 5.82 Å². The number of rotatable bonds is 5. The number of urea groups is 1. The fourth-order valence-electron chi connectivity index (χ4n) is 2.00. The van der Waals surface area contributed by atoms with Crippen molar-refractivity contribution in [3.8, 4) is 0 Å².